The van der Waals surface area contributed by atoms with Gasteiger partial charge in [-0.1, -0.05) is 11.8 Å². The van der Waals surface area contributed by atoms with E-state index in [0.717, 1.165) is 28.8 Å². The lowest BCUT2D eigenvalue weighted by Gasteiger charge is -2.01. The Hall–Kier alpha value is 0.190. The maximum Gasteiger partial charge on any atom is 0.285 e. The first-order chi connectivity index (χ1) is 6.33. The minimum Gasteiger partial charge on any atom is -0.347 e. The molecule has 3 nitrogen and oxygen atoms in total. The summed E-state index contributed by atoms with van der Waals surface area (Å²) in [5.41, 5.74) is 0. The number of thiol groups is 1. The molecule has 0 unspecified atom stereocenters. The van der Waals surface area contributed by atoms with Crippen molar-refractivity contribution in [2.45, 2.75) is 6.42 Å². The molecule has 0 aliphatic carbocycles. The zero-order valence-electron chi connectivity index (χ0n) is 7.15. The second-order valence-corrected chi connectivity index (χ2v) is 5.14. The minimum absolute atomic E-state index is 0.00469. The van der Waals surface area contributed by atoms with E-state index in [1.165, 1.54) is 11.8 Å². The topological polar surface area (TPSA) is 41.5 Å². The van der Waals surface area contributed by atoms with Crippen molar-refractivity contribution in [3.8, 4) is 0 Å². The fourth-order valence-electron chi connectivity index (χ4n) is 0.762. The lowest BCUT2D eigenvalue weighted by molar-refractivity contribution is 0.261. The summed E-state index contributed by atoms with van der Waals surface area (Å²) in [6, 6.07) is 0. The molecule has 0 fully saturated rings. The Balaban J connectivity index is 2.10. The van der Waals surface area contributed by atoms with Crippen molar-refractivity contribution in [2.75, 3.05) is 24.6 Å². The van der Waals surface area contributed by atoms with Crippen molar-refractivity contribution in [3.63, 3.8) is 0 Å². The van der Waals surface area contributed by atoms with Crippen LogP contribution in [0.25, 0.3) is 0 Å². The fourth-order valence-corrected chi connectivity index (χ4v) is 2.66. The predicted octanol–water partition coefficient (Wildman–Crippen LogP) is 1.85. The molecule has 0 saturated carbocycles. The van der Waals surface area contributed by atoms with E-state index in [1.807, 2.05) is 0 Å². The first kappa shape index (κ1) is 11.3. The molecule has 6 heteroatoms. The van der Waals surface area contributed by atoms with Crippen molar-refractivity contribution in [1.82, 2.24) is 5.32 Å². The molecule has 0 aromatic heterocycles. The number of hydrogen-bond donors (Lipinski definition) is 2. The van der Waals surface area contributed by atoms with E-state index in [4.69, 9.17) is 0 Å². The Bertz CT molecular complexity index is 208. The molecule has 0 atom stereocenters. The first-order valence-electron chi connectivity index (χ1n) is 4.06. The monoisotopic (exact) mass is 236 g/mol. The van der Waals surface area contributed by atoms with E-state index < -0.39 is 0 Å². The van der Waals surface area contributed by atoms with Crippen molar-refractivity contribution < 1.29 is 4.79 Å². The largest absolute Gasteiger partial charge is 0.347 e. The maximum absolute atomic E-state index is 11.2. The lowest BCUT2D eigenvalue weighted by atomic mass is 10.5. The summed E-state index contributed by atoms with van der Waals surface area (Å²) in [4.78, 5) is 15.4. The third-order valence-corrected chi connectivity index (χ3v) is 3.66. The number of carbonyl (C=O) groups is 1. The van der Waals surface area contributed by atoms with Crippen LogP contribution in [0, 0.1) is 0 Å². The highest BCUT2D eigenvalue weighted by atomic mass is 32.2. The van der Waals surface area contributed by atoms with Gasteiger partial charge < -0.3 is 5.32 Å². The van der Waals surface area contributed by atoms with Crippen LogP contribution < -0.4 is 5.32 Å². The number of carbonyl (C=O) groups excluding carboxylic acids is 1. The average Bonchev–Trinajstić information content (AvgIpc) is 2.57. The van der Waals surface area contributed by atoms with Gasteiger partial charge in [-0.25, -0.2) is 0 Å². The molecule has 0 radical (unpaired) electrons. The van der Waals surface area contributed by atoms with Gasteiger partial charge in [0.05, 0.1) is 6.54 Å². The highest BCUT2D eigenvalue weighted by Gasteiger charge is 2.12. The van der Waals surface area contributed by atoms with Crippen LogP contribution in [0.15, 0.2) is 4.99 Å². The van der Waals surface area contributed by atoms with Gasteiger partial charge in [-0.2, -0.15) is 12.6 Å². The SMILES string of the molecule is O=C(NCCCS)SC1=NCCS1. The summed E-state index contributed by atoms with van der Waals surface area (Å²) < 4.78 is 0.892. The summed E-state index contributed by atoms with van der Waals surface area (Å²) >= 11 is 6.90. The number of rotatable bonds is 3. The van der Waals surface area contributed by atoms with Crippen LogP contribution in [0.1, 0.15) is 6.42 Å². The molecule has 1 amide bonds. The van der Waals surface area contributed by atoms with Crippen LogP contribution >= 0.6 is 36.2 Å². The molecule has 0 aromatic rings. The quantitative estimate of drug-likeness (QED) is 0.580. The molecule has 0 aromatic carbocycles. The van der Waals surface area contributed by atoms with E-state index in [2.05, 4.69) is 22.9 Å². The second kappa shape index (κ2) is 6.62. The Kier molecular flexibility index (Phi) is 5.73. The van der Waals surface area contributed by atoms with Gasteiger partial charge in [0.1, 0.15) is 4.38 Å². The average molecular weight is 236 g/mol. The second-order valence-electron chi connectivity index (χ2n) is 2.39. The van der Waals surface area contributed by atoms with Crippen LogP contribution in [-0.4, -0.2) is 34.2 Å². The Morgan fingerprint density at radius 3 is 3.23 bits per heavy atom. The normalized spacial score (nSPS) is 15.6. The van der Waals surface area contributed by atoms with Crippen molar-refractivity contribution in [3.05, 3.63) is 0 Å². The fraction of sp³-hybridized carbons (Fsp3) is 0.714. The number of nitrogens with one attached hydrogen (secondary N) is 1. The zero-order chi connectivity index (χ0) is 9.52. The first-order valence-corrected chi connectivity index (χ1v) is 6.50. The van der Waals surface area contributed by atoms with E-state index in [0.29, 0.717) is 6.54 Å². The van der Waals surface area contributed by atoms with Gasteiger partial charge in [0.2, 0.25) is 0 Å². The summed E-state index contributed by atoms with van der Waals surface area (Å²) in [5.74, 6) is 1.81. The van der Waals surface area contributed by atoms with Gasteiger partial charge in [-0.05, 0) is 23.9 Å². The Labute approximate surface area is 91.9 Å². The molecule has 74 valence electrons. The van der Waals surface area contributed by atoms with E-state index in [9.17, 15) is 4.79 Å². The van der Waals surface area contributed by atoms with Gasteiger partial charge in [0, 0.05) is 12.3 Å². The third-order valence-electron chi connectivity index (χ3n) is 1.34. The molecule has 1 aliphatic heterocycles. The minimum atomic E-state index is -0.00469. The highest BCUT2D eigenvalue weighted by Crippen LogP contribution is 2.22. The van der Waals surface area contributed by atoms with Crippen molar-refractivity contribution in [2.24, 2.45) is 4.99 Å². The molecule has 1 N–H and O–H groups in total. The summed E-state index contributed by atoms with van der Waals surface area (Å²) in [5, 5.41) is 2.79. The number of aliphatic imine (C=N–C) groups is 1. The molecule has 0 spiro atoms. The molecule has 1 heterocycles. The van der Waals surface area contributed by atoms with E-state index >= 15 is 0 Å². The lowest BCUT2D eigenvalue weighted by Crippen LogP contribution is -2.20. The Morgan fingerprint density at radius 1 is 1.77 bits per heavy atom. The molecule has 13 heavy (non-hydrogen) atoms. The van der Waals surface area contributed by atoms with Gasteiger partial charge >= 0.3 is 0 Å². The molecule has 0 saturated heterocycles. The summed E-state index contributed by atoms with van der Waals surface area (Å²) in [7, 11) is 0. The summed E-state index contributed by atoms with van der Waals surface area (Å²) in [6.45, 7) is 1.55. The standard InChI is InChI=1S/C7H12N2OS3/c10-6(8-2-1-4-11)13-7-9-3-5-12-7/h11H,1-5H2,(H,8,10). The van der Waals surface area contributed by atoms with Crippen LogP contribution in [0.4, 0.5) is 4.79 Å². The number of nitrogens with zero attached hydrogens (tertiary/aromatic N) is 1. The predicted molar refractivity (Wildman–Crippen MR) is 64.2 cm³/mol. The van der Waals surface area contributed by atoms with Gasteiger partial charge in [-0.3, -0.25) is 9.79 Å². The molecular formula is C7H12N2OS3. The van der Waals surface area contributed by atoms with Crippen LogP contribution in [0.5, 0.6) is 0 Å². The van der Waals surface area contributed by atoms with Gasteiger partial charge in [0.25, 0.3) is 5.24 Å². The Morgan fingerprint density at radius 2 is 2.62 bits per heavy atom. The number of thioether (sulfide) groups is 2. The highest BCUT2D eigenvalue weighted by molar-refractivity contribution is 8.45. The zero-order valence-corrected chi connectivity index (χ0v) is 9.68. The molecule has 1 rings (SSSR count). The van der Waals surface area contributed by atoms with Crippen molar-refractivity contribution in [1.29, 1.82) is 0 Å². The van der Waals surface area contributed by atoms with Crippen LogP contribution in [0.2, 0.25) is 0 Å². The third kappa shape index (κ3) is 4.83. The number of amides is 1. The van der Waals surface area contributed by atoms with E-state index in [-0.39, 0.29) is 5.24 Å². The van der Waals surface area contributed by atoms with Crippen LogP contribution in [-0.2, 0) is 0 Å². The molecule has 0 bridgehead atoms. The van der Waals surface area contributed by atoms with Gasteiger partial charge in [-0.15, -0.1) is 0 Å². The van der Waals surface area contributed by atoms with Gasteiger partial charge in [0.15, 0.2) is 0 Å². The van der Waals surface area contributed by atoms with Crippen molar-refractivity contribution >= 4 is 45.8 Å². The van der Waals surface area contributed by atoms with Crippen LogP contribution in [0.3, 0.4) is 0 Å². The summed E-state index contributed by atoms with van der Waals surface area (Å²) in [6.07, 6.45) is 0.912. The molecule has 1 aliphatic rings. The van der Waals surface area contributed by atoms with E-state index in [1.54, 1.807) is 11.8 Å². The number of hydrogen-bond acceptors (Lipinski definition) is 5. The maximum atomic E-state index is 11.2. The smallest absolute Gasteiger partial charge is 0.285 e. The molecular weight excluding hydrogens is 224 g/mol.